The van der Waals surface area contributed by atoms with Gasteiger partial charge >= 0.3 is 17.9 Å². The van der Waals surface area contributed by atoms with Crippen molar-refractivity contribution in [2.75, 3.05) is 37.5 Å². The van der Waals surface area contributed by atoms with Gasteiger partial charge in [0.2, 0.25) is 0 Å². The van der Waals surface area contributed by atoms with Gasteiger partial charge in [0.05, 0.1) is 13.5 Å². The van der Waals surface area contributed by atoms with Gasteiger partial charge < -0.3 is 25.4 Å². The zero-order valence-electron chi connectivity index (χ0n) is 23.9. The van der Waals surface area contributed by atoms with Crippen LogP contribution in [0.25, 0.3) is 0 Å². The molecule has 220 valence electrons. The van der Waals surface area contributed by atoms with E-state index < -0.39 is 12.0 Å². The molecule has 0 saturated heterocycles. The second-order valence-corrected chi connectivity index (χ2v) is 10.5. The Morgan fingerprint density at radius 3 is 2.36 bits per heavy atom. The molecule has 0 bridgehead atoms. The largest absolute Gasteiger partial charge is 0.481 e. The molecule has 1 aliphatic rings. The smallest absolute Gasteiger partial charge is 0.338 e. The van der Waals surface area contributed by atoms with E-state index >= 15 is 0 Å². The Kier molecular flexibility index (Phi) is 9.93. The average Bonchev–Trinajstić information content (AvgIpc) is 3.54. The highest BCUT2D eigenvalue weighted by atomic mass is 16.5. The van der Waals surface area contributed by atoms with E-state index in [0.29, 0.717) is 22.7 Å². The molecular formula is C32H37N4O6+. The number of ether oxygens (including phenoxy) is 1. The van der Waals surface area contributed by atoms with Crippen molar-refractivity contribution < 1.29 is 29.0 Å². The number of quaternary nitrogens is 1. The van der Waals surface area contributed by atoms with Crippen LogP contribution in [0.1, 0.15) is 31.2 Å². The van der Waals surface area contributed by atoms with Crippen LogP contribution in [0, 0.1) is 0 Å². The molecule has 0 aliphatic heterocycles. The van der Waals surface area contributed by atoms with Crippen molar-refractivity contribution in [1.29, 1.82) is 0 Å². The maximum Gasteiger partial charge on any atom is 0.338 e. The van der Waals surface area contributed by atoms with E-state index in [1.165, 1.54) is 4.90 Å². The summed E-state index contributed by atoms with van der Waals surface area (Å²) in [4.78, 5) is 52.1. The third-order valence-electron chi connectivity index (χ3n) is 7.75. The lowest BCUT2D eigenvalue weighted by Crippen LogP contribution is -2.60. The van der Waals surface area contributed by atoms with Crippen molar-refractivity contribution >= 4 is 40.9 Å². The first-order valence-electron chi connectivity index (χ1n) is 14.0. The second-order valence-electron chi connectivity index (χ2n) is 10.5. The van der Waals surface area contributed by atoms with E-state index in [1.807, 2.05) is 49.5 Å². The van der Waals surface area contributed by atoms with Crippen LogP contribution in [0.4, 0.5) is 21.9 Å². The number of nitrogens with one attached hydrogen (secondary N) is 2. The van der Waals surface area contributed by atoms with E-state index in [4.69, 9.17) is 9.84 Å². The summed E-state index contributed by atoms with van der Waals surface area (Å²) >= 11 is 0. The Morgan fingerprint density at radius 2 is 1.64 bits per heavy atom. The standard InChI is InChI=1S/C32H36N4O6/c1-35(25-13-4-3-5-14-25)29(37)22-42-28-18-9-8-17-27(28)36(2,26-15-6-7-16-26)30(38)21-33-32(41)34-24-12-10-11-23(19-24)20-31(39)40/h3-5,8-14,17-19,26H,6-7,15-16,20-22H2,1-2H3,(H2-,33,34,39,40,41)/p+1. The number of hydrogen-bond acceptors (Lipinski definition) is 5. The minimum Gasteiger partial charge on any atom is -0.481 e. The van der Waals surface area contributed by atoms with Gasteiger partial charge in [0, 0.05) is 37.3 Å². The number of rotatable bonds is 11. The fourth-order valence-corrected chi connectivity index (χ4v) is 5.38. The SMILES string of the molecule is CN(C(=O)COc1ccccc1[N+](C)(C(=O)CNC(=O)Nc1cccc(CC(=O)O)c1)C1CCCC1)c1ccccc1. The fourth-order valence-electron chi connectivity index (χ4n) is 5.38. The number of carbonyl (C=O) groups is 4. The molecule has 1 atom stereocenters. The normalized spacial score (nSPS) is 14.4. The van der Waals surface area contributed by atoms with Crippen LogP contribution >= 0.6 is 0 Å². The number of likely N-dealkylation sites (N-methyl/N-ethyl adjacent to an activating group) is 2. The maximum atomic E-state index is 13.9. The Labute approximate surface area is 245 Å². The lowest BCUT2D eigenvalue weighted by Gasteiger charge is -2.37. The van der Waals surface area contributed by atoms with Crippen LogP contribution in [0.2, 0.25) is 0 Å². The molecule has 3 aromatic rings. The van der Waals surface area contributed by atoms with E-state index in [9.17, 15) is 19.2 Å². The summed E-state index contributed by atoms with van der Waals surface area (Å²) in [7, 11) is 3.53. The molecule has 0 aromatic heterocycles. The number of hydrogen-bond donors (Lipinski definition) is 3. The second kappa shape index (κ2) is 13.8. The Bertz CT molecular complexity index is 1420. The molecule has 1 fully saturated rings. The van der Waals surface area contributed by atoms with Crippen LogP contribution in [-0.2, 0) is 20.8 Å². The van der Waals surface area contributed by atoms with Gasteiger partial charge in [-0.3, -0.25) is 9.59 Å². The van der Waals surface area contributed by atoms with Gasteiger partial charge in [-0.1, -0.05) is 42.5 Å². The number of aliphatic carboxylic acids is 1. The molecule has 1 unspecified atom stereocenters. The molecule has 1 saturated carbocycles. The van der Waals surface area contributed by atoms with E-state index in [0.717, 1.165) is 31.4 Å². The van der Waals surface area contributed by atoms with Gasteiger partial charge in [-0.2, -0.15) is 0 Å². The number of nitrogens with zero attached hydrogens (tertiary/aromatic N) is 2. The predicted molar refractivity (Wildman–Crippen MR) is 162 cm³/mol. The van der Waals surface area contributed by atoms with Crippen LogP contribution in [0.15, 0.2) is 78.9 Å². The van der Waals surface area contributed by atoms with Crippen molar-refractivity contribution in [1.82, 2.24) is 9.80 Å². The molecule has 3 N–H and O–H groups in total. The Hall–Kier alpha value is -4.70. The van der Waals surface area contributed by atoms with Crippen LogP contribution in [0.3, 0.4) is 0 Å². The first-order valence-corrected chi connectivity index (χ1v) is 14.0. The molecule has 0 heterocycles. The summed E-state index contributed by atoms with van der Waals surface area (Å²) in [6.45, 7) is -0.444. The fraction of sp³-hybridized carbons (Fsp3) is 0.312. The summed E-state index contributed by atoms with van der Waals surface area (Å²) in [6.07, 6.45) is 3.51. The number of carboxylic acid groups (broad SMARTS) is 1. The lowest BCUT2D eigenvalue weighted by atomic mass is 10.1. The Balaban J connectivity index is 1.47. The van der Waals surface area contributed by atoms with E-state index in [-0.39, 0.29) is 41.9 Å². The lowest BCUT2D eigenvalue weighted by molar-refractivity contribution is -0.136. The molecule has 42 heavy (non-hydrogen) atoms. The van der Waals surface area contributed by atoms with Gasteiger partial charge in [-0.25, -0.2) is 14.1 Å². The molecule has 10 heteroatoms. The average molecular weight is 574 g/mol. The molecule has 4 rings (SSSR count). The number of carboxylic acids is 1. The number of carbonyl (C=O) groups excluding carboxylic acids is 3. The number of benzene rings is 3. The number of urea groups is 1. The van der Waals surface area contributed by atoms with Crippen LogP contribution < -0.4 is 24.8 Å². The van der Waals surface area contributed by atoms with Crippen molar-refractivity contribution in [3.8, 4) is 5.75 Å². The molecule has 3 aromatic carbocycles. The Morgan fingerprint density at radius 1 is 0.952 bits per heavy atom. The summed E-state index contributed by atoms with van der Waals surface area (Å²) < 4.78 is 5.96. The summed E-state index contributed by atoms with van der Waals surface area (Å²) in [5, 5.41) is 14.4. The van der Waals surface area contributed by atoms with Crippen molar-refractivity contribution in [3.63, 3.8) is 0 Å². The van der Waals surface area contributed by atoms with Gasteiger partial charge in [-0.05, 0) is 48.7 Å². The topological polar surface area (TPSA) is 125 Å². The van der Waals surface area contributed by atoms with Crippen molar-refractivity contribution in [2.24, 2.45) is 0 Å². The molecule has 1 aliphatic carbocycles. The van der Waals surface area contributed by atoms with Gasteiger partial charge in [-0.15, -0.1) is 0 Å². The zero-order chi connectivity index (χ0) is 30.1. The van der Waals surface area contributed by atoms with Crippen LogP contribution in [-0.4, -0.2) is 62.2 Å². The molecule has 0 spiro atoms. The summed E-state index contributed by atoms with van der Waals surface area (Å²) in [6, 6.07) is 22.5. The zero-order valence-corrected chi connectivity index (χ0v) is 23.9. The summed E-state index contributed by atoms with van der Waals surface area (Å²) in [5.41, 5.74) is 2.36. The molecule has 4 amide bonds. The van der Waals surface area contributed by atoms with Crippen molar-refractivity contribution in [2.45, 2.75) is 38.1 Å². The molecule has 10 nitrogen and oxygen atoms in total. The minimum atomic E-state index is -0.969. The molecular weight excluding hydrogens is 536 g/mol. The number of amides is 4. The maximum absolute atomic E-state index is 13.9. The monoisotopic (exact) mass is 573 g/mol. The number of anilines is 2. The minimum absolute atomic E-state index is 0.0116. The highest BCUT2D eigenvalue weighted by Crippen LogP contribution is 2.39. The van der Waals surface area contributed by atoms with Crippen molar-refractivity contribution in [3.05, 3.63) is 84.4 Å². The third kappa shape index (κ3) is 7.32. The quantitative estimate of drug-likeness (QED) is 0.288. The summed E-state index contributed by atoms with van der Waals surface area (Å²) in [5.74, 6) is -0.985. The number of para-hydroxylation sites is 3. The first kappa shape index (κ1) is 30.3. The van der Waals surface area contributed by atoms with Gasteiger partial charge in [0.15, 0.2) is 18.0 Å². The first-order chi connectivity index (χ1) is 20.2. The third-order valence-corrected chi connectivity index (χ3v) is 7.75. The van der Waals surface area contributed by atoms with Gasteiger partial charge in [0.25, 0.3) is 5.91 Å². The predicted octanol–water partition coefficient (Wildman–Crippen LogP) is 4.58. The molecule has 0 radical (unpaired) electrons. The van der Waals surface area contributed by atoms with E-state index in [2.05, 4.69) is 10.6 Å². The van der Waals surface area contributed by atoms with E-state index in [1.54, 1.807) is 43.4 Å². The highest BCUT2D eigenvalue weighted by Gasteiger charge is 2.45. The highest BCUT2D eigenvalue weighted by molar-refractivity contribution is 5.97. The van der Waals surface area contributed by atoms with Gasteiger partial charge in [0.1, 0.15) is 12.6 Å². The van der Waals surface area contributed by atoms with Crippen LogP contribution in [0.5, 0.6) is 5.75 Å².